The van der Waals surface area contributed by atoms with E-state index in [0.29, 0.717) is 0 Å². The minimum atomic E-state index is -1.01. The second-order valence-corrected chi connectivity index (χ2v) is 11.2. The highest BCUT2D eigenvalue weighted by atomic mass is 16.4. The SMILES string of the molecule is O=C(O)c1ccc(/C=C/c2cc(/C=C/c3ccc(C(=O)O)cc3)c(/C=C/c3ccc(C(=O)O)cc3)cc2/C=C/c2ccc(C(=O)O)cc2)cc1. The van der Waals surface area contributed by atoms with E-state index in [2.05, 4.69) is 0 Å². The Kier molecular flexibility index (Phi) is 10.8. The van der Waals surface area contributed by atoms with Gasteiger partial charge in [-0.1, -0.05) is 97.1 Å². The molecule has 8 nitrogen and oxygen atoms in total. The van der Waals surface area contributed by atoms with Gasteiger partial charge in [0, 0.05) is 0 Å². The molecule has 0 saturated heterocycles. The van der Waals surface area contributed by atoms with E-state index in [1.54, 1.807) is 48.5 Å². The number of aromatic carboxylic acids is 4. The lowest BCUT2D eigenvalue weighted by Crippen LogP contribution is -1.95. The summed E-state index contributed by atoms with van der Waals surface area (Å²) >= 11 is 0. The summed E-state index contributed by atoms with van der Waals surface area (Å²) in [5.41, 5.74) is 7.19. The molecule has 0 unspecified atom stereocenters. The smallest absolute Gasteiger partial charge is 0.335 e. The molecule has 50 heavy (non-hydrogen) atoms. The molecule has 5 aromatic carbocycles. The predicted molar refractivity (Wildman–Crippen MR) is 196 cm³/mol. The standard InChI is InChI=1S/C42H30O8/c43-39(44)31-13-1-27(2-14-31)9-21-35-25-37(23-11-29-5-17-33(18-6-29)41(47)48)38(24-12-30-7-19-34(20-8-30)42(49)50)26-36(35)22-10-28-3-15-32(16-4-28)40(45)46/h1-26H,(H,43,44)(H,45,46)(H,47,48)(H,49,50)/b21-9+,22-10+,23-11+,24-12+. The number of rotatable bonds is 12. The van der Waals surface area contributed by atoms with Crippen molar-refractivity contribution in [1.29, 1.82) is 0 Å². The number of hydrogen-bond acceptors (Lipinski definition) is 4. The van der Waals surface area contributed by atoms with Crippen molar-refractivity contribution in [3.8, 4) is 0 Å². The van der Waals surface area contributed by atoms with Gasteiger partial charge in [0.1, 0.15) is 0 Å². The fraction of sp³-hybridized carbons (Fsp3) is 0. The van der Waals surface area contributed by atoms with Gasteiger partial charge in [-0.25, -0.2) is 19.2 Å². The van der Waals surface area contributed by atoms with Crippen molar-refractivity contribution in [1.82, 2.24) is 0 Å². The lowest BCUT2D eigenvalue weighted by Gasteiger charge is -2.10. The van der Waals surface area contributed by atoms with Crippen molar-refractivity contribution < 1.29 is 39.6 Å². The second-order valence-electron chi connectivity index (χ2n) is 11.2. The van der Waals surface area contributed by atoms with Crippen molar-refractivity contribution in [2.45, 2.75) is 0 Å². The molecule has 0 bridgehead atoms. The van der Waals surface area contributed by atoms with Gasteiger partial charge in [0.25, 0.3) is 0 Å². The van der Waals surface area contributed by atoms with Crippen LogP contribution in [0.3, 0.4) is 0 Å². The van der Waals surface area contributed by atoms with E-state index >= 15 is 0 Å². The lowest BCUT2D eigenvalue weighted by molar-refractivity contribution is 0.0686. The van der Waals surface area contributed by atoms with E-state index in [1.807, 2.05) is 60.7 Å². The van der Waals surface area contributed by atoms with Gasteiger partial charge < -0.3 is 20.4 Å². The van der Waals surface area contributed by atoms with Crippen LogP contribution in [0.15, 0.2) is 109 Å². The molecule has 8 heteroatoms. The molecule has 0 radical (unpaired) electrons. The average molecular weight is 663 g/mol. The van der Waals surface area contributed by atoms with Crippen LogP contribution in [0.2, 0.25) is 0 Å². The van der Waals surface area contributed by atoms with E-state index in [-0.39, 0.29) is 22.3 Å². The molecule has 4 N–H and O–H groups in total. The summed E-state index contributed by atoms with van der Waals surface area (Å²) in [5, 5.41) is 37.1. The second kappa shape index (κ2) is 15.7. The Labute approximate surface area is 287 Å². The molecule has 0 atom stereocenters. The Morgan fingerprint density at radius 1 is 0.300 bits per heavy atom. The van der Waals surface area contributed by atoms with Gasteiger partial charge >= 0.3 is 23.9 Å². The molecular formula is C42H30O8. The first-order chi connectivity index (χ1) is 24.0. The van der Waals surface area contributed by atoms with E-state index < -0.39 is 23.9 Å². The Morgan fingerprint density at radius 2 is 0.480 bits per heavy atom. The minimum Gasteiger partial charge on any atom is -0.478 e. The van der Waals surface area contributed by atoms with Gasteiger partial charge in [-0.2, -0.15) is 0 Å². The highest BCUT2D eigenvalue weighted by molar-refractivity contribution is 5.91. The first-order valence-corrected chi connectivity index (χ1v) is 15.3. The molecule has 0 aliphatic heterocycles. The van der Waals surface area contributed by atoms with Crippen LogP contribution in [0.4, 0.5) is 0 Å². The Hall–Kier alpha value is -7.06. The quantitative estimate of drug-likeness (QED) is 0.0967. The van der Waals surface area contributed by atoms with E-state index in [1.165, 1.54) is 48.5 Å². The number of hydrogen-bond donors (Lipinski definition) is 4. The molecule has 0 aromatic heterocycles. The maximum absolute atomic E-state index is 11.3. The topological polar surface area (TPSA) is 149 Å². The molecule has 0 spiro atoms. The maximum Gasteiger partial charge on any atom is 0.335 e. The molecule has 0 aliphatic carbocycles. The molecule has 5 aromatic rings. The lowest BCUT2D eigenvalue weighted by atomic mass is 9.95. The zero-order valence-corrected chi connectivity index (χ0v) is 26.4. The van der Waals surface area contributed by atoms with E-state index in [9.17, 15) is 39.6 Å². The van der Waals surface area contributed by atoms with Crippen LogP contribution < -0.4 is 0 Å². The molecule has 0 saturated carbocycles. The fourth-order valence-corrected chi connectivity index (χ4v) is 4.94. The summed E-state index contributed by atoms with van der Waals surface area (Å²) in [6.45, 7) is 0. The monoisotopic (exact) mass is 662 g/mol. The predicted octanol–water partition coefficient (Wildman–Crippen LogP) is 9.16. The van der Waals surface area contributed by atoms with Crippen LogP contribution in [0, 0.1) is 0 Å². The summed E-state index contributed by atoms with van der Waals surface area (Å²) in [7, 11) is 0. The van der Waals surface area contributed by atoms with Crippen molar-refractivity contribution >= 4 is 72.5 Å². The van der Waals surface area contributed by atoms with Crippen LogP contribution in [0.1, 0.15) is 85.9 Å². The van der Waals surface area contributed by atoms with E-state index in [4.69, 9.17) is 0 Å². The van der Waals surface area contributed by atoms with Crippen LogP contribution >= 0.6 is 0 Å². The third-order valence-electron chi connectivity index (χ3n) is 7.74. The molecule has 0 heterocycles. The van der Waals surface area contributed by atoms with Crippen molar-refractivity contribution in [2.24, 2.45) is 0 Å². The fourth-order valence-electron chi connectivity index (χ4n) is 4.94. The van der Waals surface area contributed by atoms with Gasteiger partial charge in [-0.15, -0.1) is 0 Å². The normalized spacial score (nSPS) is 11.5. The largest absolute Gasteiger partial charge is 0.478 e. The van der Waals surface area contributed by atoms with Crippen LogP contribution in [0.5, 0.6) is 0 Å². The van der Waals surface area contributed by atoms with Crippen LogP contribution in [-0.4, -0.2) is 44.3 Å². The van der Waals surface area contributed by atoms with E-state index in [0.717, 1.165) is 44.5 Å². The number of benzene rings is 5. The van der Waals surface area contributed by atoms with Crippen molar-refractivity contribution in [3.05, 3.63) is 176 Å². The molecule has 5 rings (SSSR count). The number of carbonyl (C=O) groups is 4. The molecule has 0 aliphatic rings. The first-order valence-electron chi connectivity index (χ1n) is 15.3. The highest BCUT2D eigenvalue weighted by Crippen LogP contribution is 2.26. The number of carboxylic acid groups (broad SMARTS) is 4. The van der Waals surface area contributed by atoms with Gasteiger partial charge in [-0.3, -0.25) is 0 Å². The summed E-state index contributed by atoms with van der Waals surface area (Å²) in [5.74, 6) is -4.06. The third kappa shape index (κ3) is 9.05. The van der Waals surface area contributed by atoms with Crippen molar-refractivity contribution in [2.75, 3.05) is 0 Å². The summed E-state index contributed by atoms with van der Waals surface area (Å²) in [4.78, 5) is 45.3. The average Bonchev–Trinajstić information content (AvgIpc) is 3.12. The number of carboxylic acids is 4. The van der Waals surface area contributed by atoms with Crippen molar-refractivity contribution in [3.63, 3.8) is 0 Å². The maximum atomic E-state index is 11.3. The van der Waals surface area contributed by atoms with Gasteiger partial charge in [-0.05, 0) is 105 Å². The Morgan fingerprint density at radius 3 is 0.640 bits per heavy atom. The van der Waals surface area contributed by atoms with Crippen LogP contribution in [-0.2, 0) is 0 Å². The molecule has 0 fully saturated rings. The zero-order valence-electron chi connectivity index (χ0n) is 26.4. The molecular weight excluding hydrogens is 632 g/mol. The van der Waals surface area contributed by atoms with Gasteiger partial charge in [0.15, 0.2) is 0 Å². The first kappa shape index (κ1) is 34.3. The minimum absolute atomic E-state index is 0.178. The van der Waals surface area contributed by atoms with Crippen LogP contribution in [0.25, 0.3) is 48.6 Å². The molecule has 0 amide bonds. The summed E-state index contributed by atoms with van der Waals surface area (Å²) < 4.78 is 0. The van der Waals surface area contributed by atoms with Gasteiger partial charge in [0.05, 0.1) is 22.3 Å². The third-order valence-corrected chi connectivity index (χ3v) is 7.74. The summed E-state index contributed by atoms with van der Waals surface area (Å²) in [6, 6.07) is 30.0. The Bertz CT molecular complexity index is 1860. The zero-order chi connectivity index (χ0) is 35.6. The molecule has 246 valence electrons. The summed E-state index contributed by atoms with van der Waals surface area (Å²) in [6.07, 6.45) is 15.2. The Balaban J connectivity index is 1.60. The van der Waals surface area contributed by atoms with Gasteiger partial charge in [0.2, 0.25) is 0 Å². The highest BCUT2D eigenvalue weighted by Gasteiger charge is 2.08.